The number of nitrogens with zero attached hydrogens (tertiary/aromatic N) is 1. The van der Waals surface area contributed by atoms with Crippen molar-refractivity contribution in [2.45, 2.75) is 19.6 Å². The highest BCUT2D eigenvalue weighted by molar-refractivity contribution is 5.97. The van der Waals surface area contributed by atoms with Crippen molar-refractivity contribution in [1.29, 1.82) is 0 Å². The molecule has 0 N–H and O–H groups in total. The molecular formula is C12H13NO4. The third-order valence-corrected chi connectivity index (χ3v) is 2.27. The number of hydrogen-bond acceptors (Lipinski definition) is 5. The maximum absolute atomic E-state index is 11.6. The van der Waals surface area contributed by atoms with E-state index in [9.17, 15) is 4.79 Å². The summed E-state index contributed by atoms with van der Waals surface area (Å²) in [7, 11) is 0. The molecule has 5 nitrogen and oxygen atoms in total. The molecule has 0 radical (unpaired) electrons. The SMILES string of the molecule is CCOC(=O)C1(C)N=C(c2ccccc2)OO1. The molecule has 1 unspecified atom stereocenters. The number of carbonyl (C=O) groups is 1. The van der Waals surface area contributed by atoms with Gasteiger partial charge in [0.05, 0.1) is 6.61 Å². The minimum atomic E-state index is -1.42. The molecule has 1 aromatic carbocycles. The van der Waals surface area contributed by atoms with Crippen molar-refractivity contribution in [2.75, 3.05) is 6.61 Å². The zero-order valence-electron chi connectivity index (χ0n) is 9.67. The summed E-state index contributed by atoms with van der Waals surface area (Å²) in [5.74, 6) is -0.285. The first-order valence-corrected chi connectivity index (χ1v) is 5.34. The largest absolute Gasteiger partial charge is 0.462 e. The maximum atomic E-state index is 11.6. The van der Waals surface area contributed by atoms with Crippen molar-refractivity contribution in [3.63, 3.8) is 0 Å². The summed E-state index contributed by atoms with van der Waals surface area (Å²) in [6.07, 6.45) is 0. The molecule has 0 aromatic heterocycles. The predicted octanol–water partition coefficient (Wildman–Crippen LogP) is 1.67. The normalized spacial score (nSPS) is 22.8. The van der Waals surface area contributed by atoms with Crippen LogP contribution in [0.1, 0.15) is 19.4 Å². The van der Waals surface area contributed by atoms with Gasteiger partial charge in [-0.25, -0.2) is 4.79 Å². The summed E-state index contributed by atoms with van der Waals surface area (Å²) in [6.45, 7) is 3.49. The highest BCUT2D eigenvalue weighted by Crippen LogP contribution is 2.24. The van der Waals surface area contributed by atoms with Gasteiger partial charge in [-0.15, -0.1) is 4.89 Å². The second-order valence-electron chi connectivity index (χ2n) is 3.65. The zero-order valence-corrected chi connectivity index (χ0v) is 9.67. The number of rotatable bonds is 3. The minimum Gasteiger partial charge on any atom is -0.462 e. The summed E-state index contributed by atoms with van der Waals surface area (Å²) in [6, 6.07) is 9.21. The van der Waals surface area contributed by atoms with E-state index in [1.165, 1.54) is 6.92 Å². The Morgan fingerprint density at radius 1 is 1.41 bits per heavy atom. The average molecular weight is 235 g/mol. The van der Waals surface area contributed by atoms with E-state index >= 15 is 0 Å². The monoisotopic (exact) mass is 235 g/mol. The van der Waals surface area contributed by atoms with Gasteiger partial charge < -0.3 is 9.62 Å². The van der Waals surface area contributed by atoms with E-state index < -0.39 is 11.7 Å². The minimum absolute atomic E-state index is 0.272. The average Bonchev–Trinajstić information content (AvgIpc) is 2.75. The number of aliphatic imine (C=N–C) groups is 1. The van der Waals surface area contributed by atoms with Gasteiger partial charge in [0.15, 0.2) is 0 Å². The lowest BCUT2D eigenvalue weighted by atomic mass is 10.2. The van der Waals surface area contributed by atoms with Crippen LogP contribution in [0.2, 0.25) is 0 Å². The molecule has 0 spiro atoms. The van der Waals surface area contributed by atoms with Crippen LogP contribution in [0.5, 0.6) is 0 Å². The van der Waals surface area contributed by atoms with Crippen molar-refractivity contribution < 1.29 is 19.3 Å². The molecular weight excluding hydrogens is 222 g/mol. The molecule has 5 heteroatoms. The Kier molecular flexibility index (Phi) is 3.10. The number of benzene rings is 1. The van der Waals surface area contributed by atoms with Gasteiger partial charge in [-0.1, -0.05) is 18.2 Å². The lowest BCUT2D eigenvalue weighted by Gasteiger charge is -2.13. The first-order chi connectivity index (χ1) is 8.15. The van der Waals surface area contributed by atoms with Crippen LogP contribution in [0.3, 0.4) is 0 Å². The molecule has 0 saturated heterocycles. The number of hydrogen-bond donors (Lipinski definition) is 0. The number of carbonyl (C=O) groups excluding carboxylic acids is 1. The zero-order chi connectivity index (χ0) is 12.3. The highest BCUT2D eigenvalue weighted by Gasteiger charge is 2.43. The molecule has 1 heterocycles. The third-order valence-electron chi connectivity index (χ3n) is 2.27. The van der Waals surface area contributed by atoms with Crippen LogP contribution < -0.4 is 0 Å². The fourth-order valence-corrected chi connectivity index (χ4v) is 1.39. The molecule has 90 valence electrons. The van der Waals surface area contributed by atoms with Crippen molar-refractivity contribution in [3.8, 4) is 0 Å². The van der Waals surface area contributed by atoms with Crippen LogP contribution in [-0.4, -0.2) is 24.2 Å². The Morgan fingerprint density at radius 3 is 2.76 bits per heavy atom. The molecule has 0 aliphatic carbocycles. The fourth-order valence-electron chi connectivity index (χ4n) is 1.39. The van der Waals surface area contributed by atoms with E-state index in [2.05, 4.69) is 4.99 Å². The molecule has 0 amide bonds. The summed E-state index contributed by atoms with van der Waals surface area (Å²) in [5.41, 5.74) is -0.665. The molecule has 17 heavy (non-hydrogen) atoms. The van der Waals surface area contributed by atoms with Gasteiger partial charge in [0.1, 0.15) is 0 Å². The standard InChI is InChI=1S/C12H13NO4/c1-3-15-11(14)12(2)13-10(16-17-12)9-7-5-4-6-8-9/h4-8H,3H2,1-2H3. The molecule has 0 saturated carbocycles. The fraction of sp³-hybridized carbons (Fsp3) is 0.333. The molecule has 0 bridgehead atoms. The second kappa shape index (κ2) is 4.55. The number of ether oxygens (including phenoxy) is 1. The predicted molar refractivity (Wildman–Crippen MR) is 60.2 cm³/mol. The lowest BCUT2D eigenvalue weighted by Crippen LogP contribution is -2.34. The third kappa shape index (κ3) is 2.29. The molecule has 0 fully saturated rings. The summed E-state index contributed by atoms with van der Waals surface area (Å²) in [5, 5.41) is 0. The molecule has 1 aliphatic heterocycles. The Hall–Kier alpha value is -1.88. The van der Waals surface area contributed by atoms with Crippen molar-refractivity contribution in [2.24, 2.45) is 4.99 Å². The van der Waals surface area contributed by atoms with Gasteiger partial charge in [-0.3, -0.25) is 0 Å². The molecule has 1 aliphatic rings. The van der Waals surface area contributed by atoms with Crippen LogP contribution in [-0.2, 0) is 19.3 Å². The molecule has 1 aromatic rings. The van der Waals surface area contributed by atoms with Gasteiger partial charge >= 0.3 is 11.7 Å². The Balaban J connectivity index is 2.21. The first kappa shape index (κ1) is 11.6. The first-order valence-electron chi connectivity index (χ1n) is 5.34. The molecule has 2 rings (SSSR count). The lowest BCUT2D eigenvalue weighted by molar-refractivity contribution is -0.274. The topological polar surface area (TPSA) is 57.1 Å². The Labute approximate surface area is 98.9 Å². The van der Waals surface area contributed by atoms with Crippen molar-refractivity contribution in [1.82, 2.24) is 0 Å². The summed E-state index contributed by atoms with van der Waals surface area (Å²) >= 11 is 0. The Morgan fingerprint density at radius 2 is 2.12 bits per heavy atom. The quantitative estimate of drug-likeness (QED) is 0.590. The van der Waals surface area contributed by atoms with Gasteiger partial charge in [0.25, 0.3) is 5.90 Å². The van der Waals surface area contributed by atoms with E-state index in [1.54, 1.807) is 6.92 Å². The van der Waals surface area contributed by atoms with E-state index in [-0.39, 0.29) is 12.5 Å². The van der Waals surface area contributed by atoms with Gasteiger partial charge in [-0.05, 0) is 19.1 Å². The van der Waals surface area contributed by atoms with Crippen molar-refractivity contribution >= 4 is 11.9 Å². The summed E-state index contributed by atoms with van der Waals surface area (Å²) < 4.78 is 4.86. The highest BCUT2D eigenvalue weighted by atomic mass is 17.2. The second-order valence-corrected chi connectivity index (χ2v) is 3.65. The van der Waals surface area contributed by atoms with Gasteiger partial charge in [0, 0.05) is 12.5 Å². The van der Waals surface area contributed by atoms with E-state index in [4.69, 9.17) is 14.5 Å². The van der Waals surface area contributed by atoms with E-state index in [0.717, 1.165) is 5.56 Å². The van der Waals surface area contributed by atoms with E-state index in [0.29, 0.717) is 0 Å². The van der Waals surface area contributed by atoms with Crippen molar-refractivity contribution in [3.05, 3.63) is 35.9 Å². The van der Waals surface area contributed by atoms with Gasteiger partial charge in [0.2, 0.25) is 0 Å². The van der Waals surface area contributed by atoms with Crippen LogP contribution in [0.25, 0.3) is 0 Å². The smallest absolute Gasteiger partial charge is 0.365 e. The van der Waals surface area contributed by atoms with Crippen LogP contribution >= 0.6 is 0 Å². The molecule has 1 atom stereocenters. The Bertz CT molecular complexity index is 443. The van der Waals surface area contributed by atoms with E-state index in [1.807, 2.05) is 30.3 Å². The van der Waals surface area contributed by atoms with Crippen LogP contribution in [0, 0.1) is 0 Å². The summed E-state index contributed by atoms with van der Waals surface area (Å²) in [4.78, 5) is 25.6. The van der Waals surface area contributed by atoms with Crippen LogP contribution in [0.4, 0.5) is 0 Å². The van der Waals surface area contributed by atoms with Crippen LogP contribution in [0.15, 0.2) is 35.3 Å². The van der Waals surface area contributed by atoms with Gasteiger partial charge in [-0.2, -0.15) is 4.99 Å². The number of esters is 1. The maximum Gasteiger partial charge on any atom is 0.365 e.